The summed E-state index contributed by atoms with van der Waals surface area (Å²) in [7, 11) is 0. The molecular weight excluding hydrogens is 403 g/mol. The number of carbonyl (C=O) groups is 1. The van der Waals surface area contributed by atoms with Crippen LogP contribution in [0, 0.1) is 19.7 Å². The minimum absolute atomic E-state index is 0.0554. The van der Waals surface area contributed by atoms with Gasteiger partial charge in [0.25, 0.3) is 5.91 Å². The van der Waals surface area contributed by atoms with E-state index in [0.29, 0.717) is 25.3 Å². The molecule has 0 radical (unpaired) electrons. The van der Waals surface area contributed by atoms with Gasteiger partial charge in [0, 0.05) is 38.3 Å². The Balaban J connectivity index is 1.32. The summed E-state index contributed by atoms with van der Waals surface area (Å²) in [5.41, 5.74) is 5.07. The third kappa shape index (κ3) is 5.54. The van der Waals surface area contributed by atoms with E-state index in [1.807, 2.05) is 60.4 Å². The summed E-state index contributed by atoms with van der Waals surface area (Å²) in [5.74, 6) is 0.704. The largest absolute Gasteiger partial charge is 0.489 e. The Kier molecular flexibility index (Phi) is 6.86. The van der Waals surface area contributed by atoms with E-state index in [2.05, 4.69) is 17.9 Å². The highest BCUT2D eigenvalue weighted by atomic mass is 19.1. The van der Waals surface area contributed by atoms with Crippen LogP contribution in [0.3, 0.4) is 0 Å². The fourth-order valence-electron chi connectivity index (χ4n) is 4.06. The molecule has 1 fully saturated rings. The van der Waals surface area contributed by atoms with Gasteiger partial charge in [-0.1, -0.05) is 42.0 Å². The van der Waals surface area contributed by atoms with Crippen molar-refractivity contribution < 1.29 is 13.9 Å². The van der Waals surface area contributed by atoms with Gasteiger partial charge in [-0.15, -0.1) is 0 Å². The summed E-state index contributed by atoms with van der Waals surface area (Å²) < 4.78 is 19.1. The van der Waals surface area contributed by atoms with E-state index in [9.17, 15) is 9.18 Å². The number of halogens is 1. The molecule has 1 heterocycles. The van der Waals surface area contributed by atoms with Crippen molar-refractivity contribution in [2.45, 2.75) is 27.0 Å². The molecule has 4 rings (SSSR count). The molecular formula is C27H29FN2O2. The summed E-state index contributed by atoms with van der Waals surface area (Å²) in [6.45, 7) is 8.28. The highest BCUT2D eigenvalue weighted by Gasteiger charge is 2.22. The van der Waals surface area contributed by atoms with Crippen molar-refractivity contribution in [1.82, 2.24) is 9.80 Å². The second-order valence-electron chi connectivity index (χ2n) is 8.45. The van der Waals surface area contributed by atoms with Crippen molar-refractivity contribution in [2.24, 2.45) is 0 Å². The predicted molar refractivity (Wildman–Crippen MR) is 124 cm³/mol. The lowest BCUT2D eigenvalue weighted by molar-refractivity contribution is 0.0628. The maximum absolute atomic E-state index is 13.1. The molecule has 1 saturated heterocycles. The summed E-state index contributed by atoms with van der Waals surface area (Å²) >= 11 is 0. The lowest BCUT2D eigenvalue weighted by Crippen LogP contribution is -2.48. The van der Waals surface area contributed by atoms with Crippen LogP contribution in [-0.4, -0.2) is 41.9 Å². The minimum Gasteiger partial charge on any atom is -0.489 e. The smallest absolute Gasteiger partial charge is 0.253 e. The number of piperazine rings is 1. The first-order chi connectivity index (χ1) is 15.5. The number of hydrogen-bond acceptors (Lipinski definition) is 3. The normalized spacial score (nSPS) is 14.4. The highest BCUT2D eigenvalue weighted by molar-refractivity contribution is 5.94. The first kappa shape index (κ1) is 22.0. The van der Waals surface area contributed by atoms with Crippen LogP contribution in [0.15, 0.2) is 66.7 Å². The fourth-order valence-corrected chi connectivity index (χ4v) is 4.06. The zero-order valence-electron chi connectivity index (χ0n) is 18.7. The Morgan fingerprint density at radius 1 is 0.906 bits per heavy atom. The molecule has 0 saturated carbocycles. The van der Waals surface area contributed by atoms with Gasteiger partial charge in [-0.3, -0.25) is 9.69 Å². The summed E-state index contributed by atoms with van der Waals surface area (Å²) in [4.78, 5) is 17.2. The first-order valence-electron chi connectivity index (χ1n) is 11.0. The van der Waals surface area contributed by atoms with Gasteiger partial charge in [-0.25, -0.2) is 4.39 Å². The molecule has 166 valence electrons. The molecule has 0 aliphatic carbocycles. The summed E-state index contributed by atoms with van der Waals surface area (Å²) in [5, 5.41) is 0. The zero-order valence-corrected chi connectivity index (χ0v) is 18.7. The molecule has 3 aromatic carbocycles. The van der Waals surface area contributed by atoms with Crippen LogP contribution in [0.25, 0.3) is 0 Å². The Morgan fingerprint density at radius 3 is 2.38 bits per heavy atom. The average molecular weight is 433 g/mol. The third-order valence-corrected chi connectivity index (χ3v) is 5.88. The first-order valence-corrected chi connectivity index (χ1v) is 11.0. The van der Waals surface area contributed by atoms with E-state index >= 15 is 0 Å². The Bertz CT molecular complexity index is 1070. The Morgan fingerprint density at radius 2 is 1.66 bits per heavy atom. The number of rotatable bonds is 6. The number of nitrogens with zero attached hydrogens (tertiary/aromatic N) is 2. The van der Waals surface area contributed by atoms with Gasteiger partial charge < -0.3 is 9.64 Å². The van der Waals surface area contributed by atoms with Gasteiger partial charge >= 0.3 is 0 Å². The van der Waals surface area contributed by atoms with Crippen molar-refractivity contribution in [1.29, 1.82) is 0 Å². The zero-order chi connectivity index (χ0) is 22.5. The molecule has 0 spiro atoms. The molecule has 0 aromatic heterocycles. The molecule has 0 atom stereocenters. The van der Waals surface area contributed by atoms with Gasteiger partial charge in [0.15, 0.2) is 0 Å². The topological polar surface area (TPSA) is 32.8 Å². The standard InChI is InChI=1S/C27H29FN2O2/c1-20-6-11-26(21(2)16-20)32-19-23-4-3-5-24(17-23)27(31)30-14-12-29(13-15-30)18-22-7-9-25(28)10-8-22/h3-11,16-17H,12-15,18-19H2,1-2H3. The van der Waals surface area contributed by atoms with Crippen LogP contribution in [0.5, 0.6) is 5.75 Å². The molecule has 0 bridgehead atoms. The summed E-state index contributed by atoms with van der Waals surface area (Å²) in [6, 6.07) is 20.5. The second-order valence-corrected chi connectivity index (χ2v) is 8.45. The monoisotopic (exact) mass is 432 g/mol. The van der Waals surface area contributed by atoms with Crippen molar-refractivity contribution in [3.05, 3.63) is 100 Å². The van der Waals surface area contributed by atoms with Gasteiger partial charge in [-0.05, 0) is 60.9 Å². The number of amides is 1. The Hall–Kier alpha value is -3.18. The molecule has 32 heavy (non-hydrogen) atoms. The summed E-state index contributed by atoms with van der Waals surface area (Å²) in [6.07, 6.45) is 0. The van der Waals surface area contributed by atoms with Gasteiger partial charge in [0.2, 0.25) is 0 Å². The molecule has 4 nitrogen and oxygen atoms in total. The van der Waals surface area contributed by atoms with E-state index < -0.39 is 0 Å². The average Bonchev–Trinajstić information content (AvgIpc) is 2.80. The maximum Gasteiger partial charge on any atom is 0.253 e. The van der Waals surface area contributed by atoms with E-state index in [0.717, 1.165) is 42.1 Å². The van der Waals surface area contributed by atoms with Gasteiger partial charge in [0.1, 0.15) is 18.2 Å². The van der Waals surface area contributed by atoms with E-state index in [1.165, 1.54) is 17.7 Å². The fraction of sp³-hybridized carbons (Fsp3) is 0.296. The molecule has 3 aromatic rings. The number of aryl methyl sites for hydroxylation is 2. The van der Waals surface area contributed by atoms with Gasteiger partial charge in [-0.2, -0.15) is 0 Å². The van der Waals surface area contributed by atoms with Crippen LogP contribution in [0.1, 0.15) is 32.6 Å². The maximum atomic E-state index is 13.1. The van der Waals surface area contributed by atoms with E-state index in [1.54, 1.807) is 0 Å². The van der Waals surface area contributed by atoms with Crippen molar-refractivity contribution in [3.8, 4) is 5.75 Å². The third-order valence-electron chi connectivity index (χ3n) is 5.88. The van der Waals surface area contributed by atoms with Crippen LogP contribution in [0.4, 0.5) is 4.39 Å². The molecule has 0 N–H and O–H groups in total. The molecule has 0 unspecified atom stereocenters. The quantitative estimate of drug-likeness (QED) is 0.551. The van der Waals surface area contributed by atoms with Gasteiger partial charge in [0.05, 0.1) is 0 Å². The van der Waals surface area contributed by atoms with E-state index in [4.69, 9.17) is 4.74 Å². The van der Waals surface area contributed by atoms with E-state index in [-0.39, 0.29) is 11.7 Å². The number of benzene rings is 3. The highest BCUT2D eigenvalue weighted by Crippen LogP contribution is 2.21. The molecule has 1 amide bonds. The molecule has 1 aliphatic rings. The van der Waals surface area contributed by atoms with Crippen molar-refractivity contribution in [2.75, 3.05) is 26.2 Å². The second kappa shape index (κ2) is 9.96. The number of carbonyl (C=O) groups excluding carboxylic acids is 1. The molecule has 5 heteroatoms. The molecule has 1 aliphatic heterocycles. The van der Waals surface area contributed by atoms with Crippen LogP contribution < -0.4 is 4.74 Å². The lowest BCUT2D eigenvalue weighted by Gasteiger charge is -2.34. The van der Waals surface area contributed by atoms with Crippen molar-refractivity contribution >= 4 is 5.91 Å². The van der Waals surface area contributed by atoms with Crippen LogP contribution in [0.2, 0.25) is 0 Å². The predicted octanol–water partition coefficient (Wildman–Crippen LogP) is 4.98. The number of hydrogen-bond donors (Lipinski definition) is 0. The van der Waals surface area contributed by atoms with Crippen LogP contribution in [-0.2, 0) is 13.2 Å². The SMILES string of the molecule is Cc1ccc(OCc2cccc(C(=O)N3CCN(Cc4ccc(F)cc4)CC3)c2)c(C)c1. The minimum atomic E-state index is -0.217. The lowest BCUT2D eigenvalue weighted by atomic mass is 10.1. The Labute approximate surface area is 189 Å². The van der Waals surface area contributed by atoms with Crippen LogP contribution >= 0.6 is 0 Å². The van der Waals surface area contributed by atoms with Crippen molar-refractivity contribution in [3.63, 3.8) is 0 Å². The number of ether oxygens (including phenoxy) is 1.